The van der Waals surface area contributed by atoms with Gasteiger partial charge in [-0.15, -0.1) is 0 Å². The van der Waals surface area contributed by atoms with Crippen molar-refractivity contribution in [3.05, 3.63) is 39.7 Å². The summed E-state index contributed by atoms with van der Waals surface area (Å²) in [5.41, 5.74) is 1.14. The number of anilines is 1. The lowest BCUT2D eigenvalue weighted by Crippen LogP contribution is -2.27. The summed E-state index contributed by atoms with van der Waals surface area (Å²) in [5.74, 6) is 0.450. The van der Waals surface area contributed by atoms with Crippen molar-refractivity contribution >= 4 is 11.7 Å². The summed E-state index contributed by atoms with van der Waals surface area (Å²) in [4.78, 5) is 25.3. The van der Waals surface area contributed by atoms with Crippen molar-refractivity contribution in [1.82, 2.24) is 9.78 Å². The van der Waals surface area contributed by atoms with Gasteiger partial charge in [-0.3, -0.25) is 19.4 Å². The number of ether oxygens (including phenoxy) is 1. The zero-order valence-corrected chi connectivity index (χ0v) is 16.2. The highest BCUT2D eigenvalue weighted by molar-refractivity contribution is 5.94. The van der Waals surface area contributed by atoms with Gasteiger partial charge in [-0.1, -0.05) is 38.2 Å². The van der Waals surface area contributed by atoms with Crippen LogP contribution in [-0.2, 0) is 4.79 Å². The number of amides is 1. The Balaban J connectivity index is 1.74. The number of benzene rings is 1. The van der Waals surface area contributed by atoms with E-state index in [1.807, 2.05) is 4.68 Å². The minimum atomic E-state index is -0.390. The number of aromatic hydroxyl groups is 1. The molecule has 3 N–H and O–H groups in total. The first-order valence-electron chi connectivity index (χ1n) is 10.1. The molecule has 2 heterocycles. The molecule has 1 atom stereocenters. The molecule has 7 heteroatoms. The Kier molecular flexibility index (Phi) is 5.15. The number of H-pyrrole nitrogens is 1. The molecule has 1 aromatic carbocycles. The number of nitrogens with zero attached hydrogens (tertiary/aromatic N) is 1. The topological polar surface area (TPSA) is 96.4 Å². The fourth-order valence-electron chi connectivity index (χ4n) is 4.56. The van der Waals surface area contributed by atoms with E-state index in [1.165, 1.54) is 26.4 Å². The maximum absolute atomic E-state index is 12.9. The van der Waals surface area contributed by atoms with Crippen LogP contribution in [0.5, 0.6) is 11.5 Å². The lowest BCUT2D eigenvalue weighted by Gasteiger charge is -2.27. The van der Waals surface area contributed by atoms with Gasteiger partial charge < -0.3 is 15.2 Å². The number of rotatable bonds is 3. The van der Waals surface area contributed by atoms with Crippen LogP contribution in [0.15, 0.2) is 23.0 Å². The van der Waals surface area contributed by atoms with Gasteiger partial charge in [0, 0.05) is 12.3 Å². The van der Waals surface area contributed by atoms with Gasteiger partial charge in [-0.25, -0.2) is 0 Å². The van der Waals surface area contributed by atoms with Gasteiger partial charge in [-0.05, 0) is 30.5 Å². The lowest BCUT2D eigenvalue weighted by molar-refractivity contribution is -0.116. The van der Waals surface area contributed by atoms with Crippen molar-refractivity contribution in [1.29, 1.82) is 0 Å². The third-order valence-corrected chi connectivity index (χ3v) is 6.00. The Morgan fingerprint density at radius 3 is 2.50 bits per heavy atom. The second-order valence-electron chi connectivity index (χ2n) is 7.81. The van der Waals surface area contributed by atoms with E-state index in [-0.39, 0.29) is 35.6 Å². The van der Waals surface area contributed by atoms with E-state index in [9.17, 15) is 14.7 Å². The van der Waals surface area contributed by atoms with Crippen LogP contribution in [0.4, 0.5) is 5.82 Å². The second kappa shape index (κ2) is 7.73. The van der Waals surface area contributed by atoms with Crippen molar-refractivity contribution in [2.24, 2.45) is 0 Å². The van der Waals surface area contributed by atoms with Gasteiger partial charge >= 0.3 is 0 Å². The third kappa shape index (κ3) is 3.41. The molecule has 0 saturated heterocycles. The van der Waals surface area contributed by atoms with Crippen LogP contribution in [0.25, 0.3) is 0 Å². The highest BCUT2D eigenvalue weighted by Gasteiger charge is 2.34. The number of carbonyl (C=O) groups is 1. The summed E-state index contributed by atoms with van der Waals surface area (Å²) in [6.45, 7) is 0. The average Bonchev–Trinajstić information content (AvgIpc) is 2.97. The van der Waals surface area contributed by atoms with Crippen LogP contribution in [-0.4, -0.2) is 27.9 Å². The zero-order chi connectivity index (χ0) is 19.7. The van der Waals surface area contributed by atoms with Crippen LogP contribution in [0, 0.1) is 0 Å². The van der Waals surface area contributed by atoms with Crippen LogP contribution in [0.2, 0.25) is 0 Å². The van der Waals surface area contributed by atoms with Crippen molar-refractivity contribution in [2.45, 2.75) is 63.3 Å². The van der Waals surface area contributed by atoms with Crippen molar-refractivity contribution in [2.75, 3.05) is 12.4 Å². The molecule has 2 aromatic rings. The van der Waals surface area contributed by atoms with E-state index in [1.54, 1.807) is 18.2 Å². The number of aromatic nitrogens is 2. The number of carbonyl (C=O) groups excluding carboxylic acids is 1. The van der Waals surface area contributed by atoms with Crippen LogP contribution >= 0.6 is 0 Å². The molecule has 28 heavy (non-hydrogen) atoms. The molecule has 0 radical (unpaired) electrons. The highest BCUT2D eigenvalue weighted by atomic mass is 16.5. The zero-order valence-electron chi connectivity index (χ0n) is 16.2. The molecule has 7 nitrogen and oxygen atoms in total. The van der Waals surface area contributed by atoms with Gasteiger partial charge in [0.2, 0.25) is 5.91 Å². The predicted molar refractivity (Wildman–Crippen MR) is 106 cm³/mol. The molecular weight excluding hydrogens is 358 g/mol. The molecule has 2 aliphatic rings. The van der Waals surface area contributed by atoms with E-state index < -0.39 is 0 Å². The van der Waals surface area contributed by atoms with Crippen LogP contribution in [0.1, 0.15) is 74.5 Å². The quantitative estimate of drug-likeness (QED) is 0.751. The summed E-state index contributed by atoms with van der Waals surface area (Å²) >= 11 is 0. The normalized spacial score (nSPS) is 20.8. The van der Waals surface area contributed by atoms with Gasteiger partial charge in [0.1, 0.15) is 5.82 Å². The monoisotopic (exact) mass is 385 g/mol. The minimum Gasteiger partial charge on any atom is -0.504 e. The molecule has 4 rings (SSSR count). The average molecular weight is 385 g/mol. The first-order chi connectivity index (χ1) is 13.6. The van der Waals surface area contributed by atoms with E-state index in [0.29, 0.717) is 17.1 Å². The van der Waals surface area contributed by atoms with Gasteiger partial charge in [0.15, 0.2) is 11.5 Å². The van der Waals surface area contributed by atoms with Gasteiger partial charge in [-0.2, -0.15) is 0 Å². The Bertz CT molecular complexity index is 922. The Labute approximate surface area is 163 Å². The Morgan fingerprint density at radius 2 is 1.82 bits per heavy atom. The maximum atomic E-state index is 12.9. The summed E-state index contributed by atoms with van der Waals surface area (Å²) < 4.78 is 6.99. The van der Waals surface area contributed by atoms with Gasteiger partial charge in [0.25, 0.3) is 5.56 Å². The maximum Gasteiger partial charge on any atom is 0.270 e. The molecule has 1 fully saturated rings. The predicted octanol–water partition coefficient (Wildman–Crippen LogP) is 3.65. The van der Waals surface area contributed by atoms with Crippen molar-refractivity contribution in [3.8, 4) is 11.5 Å². The Hall–Kier alpha value is -2.70. The molecule has 1 aliphatic carbocycles. The number of fused-ring (bicyclic) bond motifs is 1. The first-order valence-corrected chi connectivity index (χ1v) is 10.1. The number of methoxy groups -OCH3 is 1. The first kappa shape index (κ1) is 18.7. The van der Waals surface area contributed by atoms with E-state index >= 15 is 0 Å². The fourth-order valence-corrected chi connectivity index (χ4v) is 4.56. The molecule has 0 bridgehead atoms. The number of hydrogen-bond acceptors (Lipinski definition) is 4. The smallest absolute Gasteiger partial charge is 0.270 e. The summed E-state index contributed by atoms with van der Waals surface area (Å²) in [7, 11) is 1.49. The molecule has 0 spiro atoms. The molecule has 150 valence electrons. The number of hydrogen-bond donors (Lipinski definition) is 3. The highest BCUT2D eigenvalue weighted by Crippen LogP contribution is 2.40. The molecular formula is C21H27N3O4. The lowest BCUT2D eigenvalue weighted by atomic mass is 9.87. The standard InChI is InChI=1S/C21H27N3O4/c1-28-17-10-9-13(11-16(17)25)15-12-18(26)22-20-19(15)21(27)23-24(20)14-7-5-3-2-4-6-8-14/h9-11,14-15,25H,2-8,12H2,1H3,(H,22,26)(H,23,27)/t15-/m0/s1. The van der Waals surface area contributed by atoms with Crippen LogP contribution < -0.4 is 15.6 Å². The largest absolute Gasteiger partial charge is 0.504 e. The van der Waals surface area contributed by atoms with E-state index in [4.69, 9.17) is 4.74 Å². The van der Waals surface area contributed by atoms with Crippen molar-refractivity contribution < 1.29 is 14.6 Å². The molecule has 1 aromatic heterocycles. The summed E-state index contributed by atoms with van der Waals surface area (Å²) in [6.07, 6.45) is 8.13. The fraction of sp³-hybridized carbons (Fsp3) is 0.524. The molecule has 1 amide bonds. The number of aromatic amines is 1. The summed E-state index contributed by atoms with van der Waals surface area (Å²) in [5, 5.41) is 16.1. The van der Waals surface area contributed by atoms with E-state index in [0.717, 1.165) is 31.2 Å². The SMILES string of the molecule is COc1ccc([C@@H]2CC(=O)Nc3c2c(=O)[nH]n3C2CCCCCCC2)cc1O. The minimum absolute atomic E-state index is 0.00316. The van der Waals surface area contributed by atoms with E-state index in [2.05, 4.69) is 10.4 Å². The Morgan fingerprint density at radius 1 is 1.11 bits per heavy atom. The molecule has 0 unspecified atom stereocenters. The number of phenols is 1. The van der Waals surface area contributed by atoms with Crippen molar-refractivity contribution in [3.63, 3.8) is 0 Å². The molecule has 1 saturated carbocycles. The van der Waals surface area contributed by atoms with Crippen LogP contribution in [0.3, 0.4) is 0 Å². The molecule has 1 aliphatic heterocycles. The number of nitrogens with one attached hydrogen (secondary N) is 2. The summed E-state index contributed by atoms with van der Waals surface area (Å²) in [6, 6.07) is 5.24. The van der Waals surface area contributed by atoms with Gasteiger partial charge in [0.05, 0.1) is 18.7 Å². The second-order valence-corrected chi connectivity index (χ2v) is 7.81. The third-order valence-electron chi connectivity index (χ3n) is 6.00. The number of phenolic OH excluding ortho intramolecular Hbond substituents is 1.